The first-order valence-corrected chi connectivity index (χ1v) is 11.8. The van der Waals surface area contributed by atoms with E-state index in [0.29, 0.717) is 48.4 Å². The highest BCUT2D eigenvalue weighted by Crippen LogP contribution is 2.39. The number of ether oxygens (including phenoxy) is 3. The number of benzene rings is 2. The van der Waals surface area contributed by atoms with E-state index in [4.69, 9.17) is 14.2 Å². The Kier molecular flexibility index (Phi) is 9.15. The Hall–Kier alpha value is -3.73. The molecule has 0 fully saturated rings. The van der Waals surface area contributed by atoms with E-state index in [0.717, 1.165) is 10.7 Å². The van der Waals surface area contributed by atoms with Crippen molar-refractivity contribution in [2.45, 2.75) is 31.7 Å². The highest BCUT2D eigenvalue weighted by Gasteiger charge is 2.19. The summed E-state index contributed by atoms with van der Waals surface area (Å²) < 4.78 is 16.9. The van der Waals surface area contributed by atoms with E-state index in [1.54, 1.807) is 24.3 Å². The van der Waals surface area contributed by atoms with E-state index in [9.17, 15) is 9.59 Å². The molecule has 0 bridgehead atoms. The number of carbonyl (C=O) groups excluding carboxylic acids is 2. The quantitative estimate of drug-likeness (QED) is 0.279. The van der Waals surface area contributed by atoms with Gasteiger partial charge in [0.05, 0.1) is 19.8 Å². The summed E-state index contributed by atoms with van der Waals surface area (Å²) in [5.41, 5.74) is 6.55. The molecule has 0 aliphatic rings. The SMILES string of the molecule is CCOc1cc(C(=O)NNC(=O)c2ccc(CSc3ncn[nH]3)cc2)cc(OCC)c1OCC. The zero-order valence-corrected chi connectivity index (χ0v) is 20.0. The first-order chi connectivity index (χ1) is 16.5. The number of rotatable bonds is 11. The average molecular weight is 486 g/mol. The molecule has 0 saturated carbocycles. The predicted octanol–water partition coefficient (Wildman–Crippen LogP) is 3.37. The van der Waals surface area contributed by atoms with Gasteiger partial charge in [-0.2, -0.15) is 5.10 Å². The van der Waals surface area contributed by atoms with Gasteiger partial charge < -0.3 is 14.2 Å². The first kappa shape index (κ1) is 24.9. The number of thioether (sulfide) groups is 1. The molecular weight excluding hydrogens is 458 g/mol. The van der Waals surface area contributed by atoms with Crippen LogP contribution in [0.4, 0.5) is 0 Å². The van der Waals surface area contributed by atoms with E-state index in [-0.39, 0.29) is 5.56 Å². The third-order valence-electron chi connectivity index (χ3n) is 4.45. The maximum absolute atomic E-state index is 12.7. The maximum Gasteiger partial charge on any atom is 0.269 e. The summed E-state index contributed by atoms with van der Waals surface area (Å²) in [6.07, 6.45) is 1.45. The van der Waals surface area contributed by atoms with E-state index < -0.39 is 11.8 Å². The Morgan fingerprint density at radius 1 is 0.882 bits per heavy atom. The van der Waals surface area contributed by atoms with Gasteiger partial charge in [-0.15, -0.1) is 0 Å². The predicted molar refractivity (Wildman–Crippen MR) is 127 cm³/mol. The lowest BCUT2D eigenvalue weighted by Gasteiger charge is -2.17. The molecule has 10 nitrogen and oxygen atoms in total. The lowest BCUT2D eigenvalue weighted by atomic mass is 10.1. The van der Waals surface area contributed by atoms with Crippen LogP contribution in [0.2, 0.25) is 0 Å². The van der Waals surface area contributed by atoms with Gasteiger partial charge in [0.15, 0.2) is 16.7 Å². The zero-order valence-electron chi connectivity index (χ0n) is 19.2. The fourth-order valence-electron chi connectivity index (χ4n) is 2.95. The smallest absolute Gasteiger partial charge is 0.269 e. The number of H-pyrrole nitrogens is 1. The molecule has 0 unspecified atom stereocenters. The lowest BCUT2D eigenvalue weighted by Crippen LogP contribution is -2.41. The number of nitrogens with zero attached hydrogens (tertiary/aromatic N) is 2. The van der Waals surface area contributed by atoms with Crippen LogP contribution in [-0.2, 0) is 5.75 Å². The van der Waals surface area contributed by atoms with Crippen molar-refractivity contribution in [1.82, 2.24) is 26.0 Å². The van der Waals surface area contributed by atoms with Crippen LogP contribution < -0.4 is 25.1 Å². The number of amides is 2. The molecule has 3 aromatic rings. The molecule has 0 saturated heterocycles. The van der Waals surface area contributed by atoms with E-state index in [1.165, 1.54) is 18.1 Å². The third-order valence-corrected chi connectivity index (χ3v) is 5.39. The Bertz CT molecular complexity index is 1060. The zero-order chi connectivity index (χ0) is 24.3. The van der Waals surface area contributed by atoms with Gasteiger partial charge in [-0.05, 0) is 50.6 Å². The molecule has 3 N–H and O–H groups in total. The number of aromatic nitrogens is 3. The summed E-state index contributed by atoms with van der Waals surface area (Å²) in [6, 6.07) is 10.2. The summed E-state index contributed by atoms with van der Waals surface area (Å²) in [5, 5.41) is 7.31. The lowest BCUT2D eigenvalue weighted by molar-refractivity contribution is 0.0846. The van der Waals surface area contributed by atoms with Crippen molar-refractivity contribution in [3.8, 4) is 17.2 Å². The van der Waals surface area contributed by atoms with Crippen LogP contribution in [0.15, 0.2) is 47.9 Å². The van der Waals surface area contributed by atoms with E-state index in [2.05, 4.69) is 26.0 Å². The minimum Gasteiger partial charge on any atom is -0.490 e. The highest BCUT2D eigenvalue weighted by atomic mass is 32.2. The maximum atomic E-state index is 12.7. The van der Waals surface area contributed by atoms with Gasteiger partial charge in [-0.1, -0.05) is 23.9 Å². The molecule has 34 heavy (non-hydrogen) atoms. The second-order valence-corrected chi connectivity index (χ2v) is 7.75. The second kappa shape index (κ2) is 12.5. The van der Waals surface area contributed by atoms with E-state index >= 15 is 0 Å². The fraction of sp³-hybridized carbons (Fsp3) is 0.304. The molecule has 2 aromatic carbocycles. The van der Waals surface area contributed by atoms with Gasteiger partial charge in [0.25, 0.3) is 11.8 Å². The summed E-state index contributed by atoms with van der Waals surface area (Å²) in [7, 11) is 0. The van der Waals surface area contributed by atoms with Gasteiger partial charge in [0, 0.05) is 16.9 Å². The minimum absolute atomic E-state index is 0.260. The van der Waals surface area contributed by atoms with Crippen LogP contribution in [-0.4, -0.2) is 46.8 Å². The molecule has 1 heterocycles. The topological polar surface area (TPSA) is 127 Å². The van der Waals surface area contributed by atoms with Crippen LogP contribution in [0.3, 0.4) is 0 Å². The monoisotopic (exact) mass is 485 g/mol. The van der Waals surface area contributed by atoms with Gasteiger partial charge in [-0.3, -0.25) is 25.5 Å². The van der Waals surface area contributed by atoms with Gasteiger partial charge >= 0.3 is 0 Å². The summed E-state index contributed by atoms with van der Waals surface area (Å²) in [5.74, 6) is 0.947. The first-order valence-electron chi connectivity index (χ1n) is 10.8. The number of carbonyl (C=O) groups is 2. The van der Waals surface area contributed by atoms with Crippen molar-refractivity contribution < 1.29 is 23.8 Å². The minimum atomic E-state index is -0.515. The number of hydrogen-bond acceptors (Lipinski definition) is 8. The van der Waals surface area contributed by atoms with Crippen LogP contribution in [0.5, 0.6) is 17.2 Å². The molecule has 180 valence electrons. The summed E-state index contributed by atoms with van der Waals surface area (Å²) >= 11 is 1.50. The van der Waals surface area contributed by atoms with Crippen molar-refractivity contribution in [2.75, 3.05) is 19.8 Å². The molecule has 0 atom stereocenters. The molecule has 2 amide bonds. The Balaban J connectivity index is 1.63. The molecule has 0 radical (unpaired) electrons. The Morgan fingerprint density at radius 2 is 1.47 bits per heavy atom. The summed E-state index contributed by atoms with van der Waals surface area (Å²) in [4.78, 5) is 29.3. The van der Waals surface area contributed by atoms with Crippen molar-refractivity contribution >= 4 is 23.6 Å². The van der Waals surface area contributed by atoms with Crippen molar-refractivity contribution in [1.29, 1.82) is 0 Å². The molecule has 0 aliphatic heterocycles. The molecule has 0 spiro atoms. The third kappa shape index (κ3) is 6.64. The van der Waals surface area contributed by atoms with Crippen LogP contribution in [0, 0.1) is 0 Å². The van der Waals surface area contributed by atoms with Crippen LogP contribution in [0.25, 0.3) is 0 Å². The fourth-order valence-corrected chi connectivity index (χ4v) is 3.68. The van der Waals surface area contributed by atoms with Crippen molar-refractivity contribution in [3.63, 3.8) is 0 Å². The van der Waals surface area contributed by atoms with Gasteiger partial charge in [0.2, 0.25) is 5.75 Å². The largest absolute Gasteiger partial charge is 0.490 e. The highest BCUT2D eigenvalue weighted by molar-refractivity contribution is 7.98. The van der Waals surface area contributed by atoms with Crippen LogP contribution in [0.1, 0.15) is 47.1 Å². The average Bonchev–Trinajstić information content (AvgIpc) is 3.37. The Labute approximate surface area is 201 Å². The van der Waals surface area contributed by atoms with E-state index in [1.807, 2.05) is 32.9 Å². The number of aromatic amines is 1. The van der Waals surface area contributed by atoms with Crippen molar-refractivity contribution in [2.24, 2.45) is 0 Å². The van der Waals surface area contributed by atoms with Gasteiger partial charge in [-0.25, -0.2) is 4.98 Å². The van der Waals surface area contributed by atoms with Crippen LogP contribution >= 0.6 is 11.8 Å². The second-order valence-electron chi connectivity index (χ2n) is 6.79. The molecule has 1 aromatic heterocycles. The standard InChI is InChI=1S/C23H27N5O5S/c1-4-31-18-11-17(12-19(32-5-2)20(18)33-6-3)22(30)27-26-21(29)16-9-7-15(8-10-16)13-34-23-24-14-25-28-23/h7-12,14H,4-6,13H2,1-3H3,(H,26,29)(H,27,30)(H,24,25,28). The normalized spacial score (nSPS) is 10.4. The molecule has 11 heteroatoms. The molecule has 0 aliphatic carbocycles. The van der Waals surface area contributed by atoms with Crippen molar-refractivity contribution in [3.05, 3.63) is 59.4 Å². The number of hydrazine groups is 1. The van der Waals surface area contributed by atoms with Gasteiger partial charge in [0.1, 0.15) is 6.33 Å². The molecular formula is C23H27N5O5S. The summed E-state index contributed by atoms with van der Waals surface area (Å²) in [6.45, 7) is 6.71. The molecule has 3 rings (SSSR count). The Morgan fingerprint density at radius 3 is 2.00 bits per heavy atom. The number of nitrogens with one attached hydrogen (secondary N) is 3. The number of hydrogen-bond donors (Lipinski definition) is 3.